The third-order valence-corrected chi connectivity index (χ3v) is 4.26. The second-order valence-electron chi connectivity index (χ2n) is 4.79. The van der Waals surface area contributed by atoms with Crippen molar-refractivity contribution in [2.45, 2.75) is 38.0 Å². The van der Waals surface area contributed by atoms with Crippen molar-refractivity contribution in [2.75, 3.05) is 6.54 Å². The summed E-state index contributed by atoms with van der Waals surface area (Å²) in [7, 11) is 0. The highest BCUT2D eigenvalue weighted by atomic mass is 32.2. The van der Waals surface area contributed by atoms with E-state index >= 15 is 0 Å². The fraction of sp³-hybridized carbons (Fsp3) is 0.375. The maximum atomic E-state index is 13.6. The Hall–Kier alpha value is -1.46. The van der Waals surface area contributed by atoms with E-state index in [1.165, 1.54) is 17.8 Å². The van der Waals surface area contributed by atoms with Crippen LogP contribution in [-0.2, 0) is 12.3 Å². The van der Waals surface area contributed by atoms with E-state index in [0.29, 0.717) is 10.6 Å². The summed E-state index contributed by atoms with van der Waals surface area (Å²) in [5.41, 5.74) is 3.14. The molecule has 112 valence electrons. The standard InChI is InChI=1S/C16H20FN3S/c1-4-18-9-13-11(2)19-16(20-12(13)3)10-21-15-8-6-5-7-14(15)17/h5-8,18H,4,9-10H2,1-3H3. The summed E-state index contributed by atoms with van der Waals surface area (Å²) < 4.78 is 13.6. The van der Waals surface area contributed by atoms with Crippen LogP contribution in [0.5, 0.6) is 0 Å². The monoisotopic (exact) mass is 305 g/mol. The molecule has 2 aromatic rings. The normalized spacial score (nSPS) is 10.9. The van der Waals surface area contributed by atoms with Crippen LogP contribution < -0.4 is 5.32 Å². The lowest BCUT2D eigenvalue weighted by atomic mass is 10.1. The van der Waals surface area contributed by atoms with Gasteiger partial charge in [0.15, 0.2) is 0 Å². The predicted octanol–water partition coefficient (Wildman–Crippen LogP) is 3.63. The Balaban J connectivity index is 2.09. The van der Waals surface area contributed by atoms with E-state index in [4.69, 9.17) is 0 Å². The molecule has 0 fully saturated rings. The molecule has 21 heavy (non-hydrogen) atoms. The first-order valence-corrected chi connectivity index (χ1v) is 8.01. The van der Waals surface area contributed by atoms with Gasteiger partial charge in [-0.3, -0.25) is 0 Å². The molecular weight excluding hydrogens is 285 g/mol. The van der Waals surface area contributed by atoms with E-state index in [1.807, 2.05) is 19.9 Å². The van der Waals surface area contributed by atoms with E-state index in [9.17, 15) is 4.39 Å². The van der Waals surface area contributed by atoms with Crippen LogP contribution in [0, 0.1) is 19.7 Å². The number of benzene rings is 1. The molecule has 0 unspecified atom stereocenters. The largest absolute Gasteiger partial charge is 0.313 e. The van der Waals surface area contributed by atoms with Gasteiger partial charge in [0, 0.05) is 28.4 Å². The van der Waals surface area contributed by atoms with Crippen molar-refractivity contribution in [1.29, 1.82) is 0 Å². The minimum Gasteiger partial charge on any atom is -0.313 e. The number of nitrogens with one attached hydrogen (secondary N) is 1. The van der Waals surface area contributed by atoms with Crippen LogP contribution in [0.25, 0.3) is 0 Å². The number of aromatic nitrogens is 2. The van der Waals surface area contributed by atoms with Crippen LogP contribution in [0.15, 0.2) is 29.2 Å². The van der Waals surface area contributed by atoms with Crippen LogP contribution in [0.2, 0.25) is 0 Å². The number of rotatable bonds is 6. The molecule has 0 spiro atoms. The SMILES string of the molecule is CCNCc1c(C)nc(CSc2ccccc2F)nc1C. The lowest BCUT2D eigenvalue weighted by Gasteiger charge is -2.11. The van der Waals surface area contributed by atoms with Gasteiger partial charge < -0.3 is 5.32 Å². The van der Waals surface area contributed by atoms with Crippen molar-refractivity contribution in [2.24, 2.45) is 0 Å². The van der Waals surface area contributed by atoms with Crippen LogP contribution in [-0.4, -0.2) is 16.5 Å². The van der Waals surface area contributed by atoms with E-state index in [2.05, 4.69) is 22.2 Å². The second kappa shape index (κ2) is 7.52. The number of nitrogens with zero attached hydrogens (tertiary/aromatic N) is 2. The highest BCUT2D eigenvalue weighted by Crippen LogP contribution is 2.24. The molecule has 0 aliphatic rings. The van der Waals surface area contributed by atoms with Gasteiger partial charge in [-0.05, 0) is 32.5 Å². The highest BCUT2D eigenvalue weighted by molar-refractivity contribution is 7.98. The lowest BCUT2D eigenvalue weighted by molar-refractivity contribution is 0.602. The Morgan fingerprint density at radius 2 is 1.81 bits per heavy atom. The Kier molecular flexibility index (Phi) is 5.70. The molecule has 0 radical (unpaired) electrons. The maximum Gasteiger partial charge on any atom is 0.139 e. The van der Waals surface area contributed by atoms with Crippen molar-refractivity contribution in [3.8, 4) is 0 Å². The smallest absolute Gasteiger partial charge is 0.139 e. The van der Waals surface area contributed by atoms with Crippen LogP contribution in [0.1, 0.15) is 29.7 Å². The summed E-state index contributed by atoms with van der Waals surface area (Å²) in [6.45, 7) is 7.78. The molecular formula is C16H20FN3S. The first-order valence-electron chi connectivity index (χ1n) is 7.02. The topological polar surface area (TPSA) is 37.8 Å². The quantitative estimate of drug-likeness (QED) is 0.827. The van der Waals surface area contributed by atoms with Crippen LogP contribution in [0.3, 0.4) is 0 Å². The molecule has 0 saturated heterocycles. The van der Waals surface area contributed by atoms with Crippen molar-refractivity contribution in [3.05, 3.63) is 52.9 Å². The summed E-state index contributed by atoms with van der Waals surface area (Å²) in [5.74, 6) is 1.13. The lowest BCUT2D eigenvalue weighted by Crippen LogP contribution is -2.16. The summed E-state index contributed by atoms with van der Waals surface area (Å²) in [4.78, 5) is 9.71. The van der Waals surface area contributed by atoms with E-state index in [0.717, 1.165) is 35.9 Å². The molecule has 1 aromatic heterocycles. The highest BCUT2D eigenvalue weighted by Gasteiger charge is 2.09. The minimum atomic E-state index is -0.195. The van der Waals surface area contributed by atoms with Crippen molar-refractivity contribution in [1.82, 2.24) is 15.3 Å². The zero-order chi connectivity index (χ0) is 15.2. The van der Waals surface area contributed by atoms with Crippen LogP contribution in [0.4, 0.5) is 4.39 Å². The van der Waals surface area contributed by atoms with Crippen molar-refractivity contribution in [3.63, 3.8) is 0 Å². The summed E-state index contributed by atoms with van der Waals surface area (Å²) >= 11 is 1.43. The fourth-order valence-electron chi connectivity index (χ4n) is 2.08. The molecule has 1 N–H and O–H groups in total. The average molecular weight is 305 g/mol. The molecule has 0 amide bonds. The zero-order valence-electron chi connectivity index (χ0n) is 12.6. The Bertz CT molecular complexity index is 593. The third kappa shape index (κ3) is 4.25. The Labute approximate surface area is 129 Å². The first-order chi connectivity index (χ1) is 10.1. The number of aryl methyl sites for hydroxylation is 2. The van der Waals surface area contributed by atoms with E-state index in [1.54, 1.807) is 12.1 Å². The molecule has 0 aliphatic carbocycles. The Morgan fingerprint density at radius 3 is 2.43 bits per heavy atom. The fourth-order valence-corrected chi connectivity index (χ4v) is 2.88. The van der Waals surface area contributed by atoms with Gasteiger partial charge in [-0.15, -0.1) is 11.8 Å². The summed E-state index contributed by atoms with van der Waals surface area (Å²) in [6.07, 6.45) is 0. The molecule has 0 bridgehead atoms. The molecule has 3 nitrogen and oxygen atoms in total. The molecule has 0 aliphatic heterocycles. The van der Waals surface area contributed by atoms with Gasteiger partial charge in [0.25, 0.3) is 0 Å². The van der Waals surface area contributed by atoms with Gasteiger partial charge in [0.2, 0.25) is 0 Å². The molecule has 2 rings (SSSR count). The van der Waals surface area contributed by atoms with E-state index < -0.39 is 0 Å². The maximum absolute atomic E-state index is 13.6. The zero-order valence-corrected chi connectivity index (χ0v) is 13.4. The van der Waals surface area contributed by atoms with Gasteiger partial charge >= 0.3 is 0 Å². The average Bonchev–Trinajstić information content (AvgIpc) is 2.46. The van der Waals surface area contributed by atoms with Gasteiger partial charge in [-0.2, -0.15) is 0 Å². The van der Waals surface area contributed by atoms with Crippen LogP contribution >= 0.6 is 11.8 Å². The van der Waals surface area contributed by atoms with Gasteiger partial charge in [0.05, 0.1) is 5.75 Å². The van der Waals surface area contributed by atoms with Crippen molar-refractivity contribution < 1.29 is 4.39 Å². The number of thioether (sulfide) groups is 1. The minimum absolute atomic E-state index is 0.195. The van der Waals surface area contributed by atoms with Gasteiger partial charge in [-0.25, -0.2) is 14.4 Å². The van der Waals surface area contributed by atoms with Gasteiger partial charge in [-0.1, -0.05) is 19.1 Å². The Morgan fingerprint density at radius 1 is 1.14 bits per heavy atom. The molecule has 1 heterocycles. The predicted molar refractivity (Wildman–Crippen MR) is 84.8 cm³/mol. The number of hydrogen-bond donors (Lipinski definition) is 1. The molecule has 0 atom stereocenters. The molecule has 0 saturated carbocycles. The molecule has 1 aromatic carbocycles. The van der Waals surface area contributed by atoms with Gasteiger partial charge in [0.1, 0.15) is 11.6 Å². The number of halogens is 1. The van der Waals surface area contributed by atoms with E-state index in [-0.39, 0.29) is 5.82 Å². The summed E-state index contributed by atoms with van der Waals surface area (Å²) in [5, 5.41) is 3.30. The third-order valence-electron chi connectivity index (χ3n) is 3.21. The first kappa shape index (κ1) is 15.9. The second-order valence-corrected chi connectivity index (χ2v) is 5.81. The molecule has 5 heteroatoms. The number of hydrogen-bond acceptors (Lipinski definition) is 4. The van der Waals surface area contributed by atoms with Crippen molar-refractivity contribution >= 4 is 11.8 Å². The summed E-state index contributed by atoms with van der Waals surface area (Å²) in [6, 6.07) is 6.78.